The van der Waals surface area contributed by atoms with Crippen LogP contribution in [0, 0.1) is 11.3 Å². The Kier molecular flexibility index (Phi) is 6.37. The Morgan fingerprint density at radius 1 is 1.22 bits per heavy atom. The molecule has 0 spiro atoms. The summed E-state index contributed by atoms with van der Waals surface area (Å²) in [6, 6.07) is 4.59. The molecule has 0 amide bonds. The van der Waals surface area contributed by atoms with Crippen LogP contribution in [0.25, 0.3) is 0 Å². The SMILES string of the molecule is CCc1ccc(CCC(C)(C)CNCC(C)C)s1. The van der Waals surface area contributed by atoms with Gasteiger partial charge in [0.1, 0.15) is 0 Å². The van der Waals surface area contributed by atoms with Crippen molar-refractivity contribution >= 4 is 11.3 Å². The number of nitrogens with one attached hydrogen (secondary N) is 1. The minimum atomic E-state index is 0.394. The van der Waals surface area contributed by atoms with Crippen molar-refractivity contribution in [3.05, 3.63) is 21.9 Å². The monoisotopic (exact) mass is 267 g/mol. The van der Waals surface area contributed by atoms with Gasteiger partial charge < -0.3 is 5.32 Å². The van der Waals surface area contributed by atoms with Crippen LogP contribution in [0.4, 0.5) is 0 Å². The fourth-order valence-electron chi connectivity index (χ4n) is 2.00. The summed E-state index contributed by atoms with van der Waals surface area (Å²) in [5.41, 5.74) is 0.394. The van der Waals surface area contributed by atoms with E-state index in [1.54, 1.807) is 4.88 Å². The van der Waals surface area contributed by atoms with E-state index in [9.17, 15) is 0 Å². The van der Waals surface area contributed by atoms with E-state index < -0.39 is 0 Å². The molecule has 2 heteroatoms. The molecule has 0 aromatic carbocycles. The maximum Gasteiger partial charge on any atom is 0.00483 e. The van der Waals surface area contributed by atoms with Crippen LogP contribution < -0.4 is 5.32 Å². The molecule has 0 atom stereocenters. The molecule has 1 N–H and O–H groups in total. The van der Waals surface area contributed by atoms with Crippen molar-refractivity contribution in [2.75, 3.05) is 13.1 Å². The van der Waals surface area contributed by atoms with Crippen LogP contribution in [0.5, 0.6) is 0 Å². The maximum atomic E-state index is 3.58. The largest absolute Gasteiger partial charge is 0.316 e. The van der Waals surface area contributed by atoms with Gasteiger partial charge in [0.15, 0.2) is 0 Å². The molecule has 1 nitrogen and oxygen atoms in total. The van der Waals surface area contributed by atoms with Crippen molar-refractivity contribution in [3.8, 4) is 0 Å². The van der Waals surface area contributed by atoms with Crippen LogP contribution >= 0.6 is 11.3 Å². The molecule has 1 aromatic heterocycles. The summed E-state index contributed by atoms with van der Waals surface area (Å²) >= 11 is 1.98. The Morgan fingerprint density at radius 3 is 2.44 bits per heavy atom. The zero-order chi connectivity index (χ0) is 13.6. The Labute approximate surface area is 117 Å². The number of hydrogen-bond donors (Lipinski definition) is 1. The van der Waals surface area contributed by atoms with Crippen molar-refractivity contribution in [1.29, 1.82) is 0 Å². The number of hydrogen-bond acceptors (Lipinski definition) is 2. The third-order valence-corrected chi connectivity index (χ3v) is 4.56. The van der Waals surface area contributed by atoms with Gasteiger partial charge in [-0.25, -0.2) is 0 Å². The van der Waals surface area contributed by atoms with Gasteiger partial charge in [-0.2, -0.15) is 0 Å². The zero-order valence-electron chi connectivity index (χ0n) is 12.7. The summed E-state index contributed by atoms with van der Waals surface area (Å²) in [7, 11) is 0. The van der Waals surface area contributed by atoms with Crippen molar-refractivity contribution < 1.29 is 0 Å². The highest BCUT2D eigenvalue weighted by molar-refractivity contribution is 7.11. The highest BCUT2D eigenvalue weighted by Crippen LogP contribution is 2.25. The molecule has 1 aromatic rings. The molecule has 0 aliphatic rings. The summed E-state index contributed by atoms with van der Waals surface area (Å²) in [5, 5.41) is 3.58. The molecule has 0 bridgehead atoms. The zero-order valence-corrected chi connectivity index (χ0v) is 13.5. The van der Waals surface area contributed by atoms with Gasteiger partial charge in [-0.1, -0.05) is 34.6 Å². The van der Waals surface area contributed by atoms with Crippen LogP contribution in [0.3, 0.4) is 0 Å². The van der Waals surface area contributed by atoms with Crippen molar-refractivity contribution in [3.63, 3.8) is 0 Å². The fraction of sp³-hybridized carbons (Fsp3) is 0.750. The minimum Gasteiger partial charge on any atom is -0.316 e. The van der Waals surface area contributed by atoms with Crippen molar-refractivity contribution in [2.24, 2.45) is 11.3 Å². The quantitative estimate of drug-likeness (QED) is 0.730. The van der Waals surface area contributed by atoms with E-state index in [4.69, 9.17) is 0 Å². The average molecular weight is 267 g/mol. The highest BCUT2D eigenvalue weighted by atomic mass is 32.1. The third-order valence-electron chi connectivity index (χ3n) is 3.27. The molecule has 104 valence electrons. The molecule has 0 saturated carbocycles. The van der Waals surface area contributed by atoms with Gasteiger partial charge in [0.2, 0.25) is 0 Å². The van der Waals surface area contributed by atoms with Gasteiger partial charge in [0.05, 0.1) is 0 Å². The van der Waals surface area contributed by atoms with E-state index in [2.05, 4.69) is 52.1 Å². The Balaban J connectivity index is 2.31. The first-order valence-corrected chi connectivity index (χ1v) is 8.03. The summed E-state index contributed by atoms with van der Waals surface area (Å²) in [4.78, 5) is 3.06. The average Bonchev–Trinajstić information content (AvgIpc) is 2.73. The van der Waals surface area contributed by atoms with E-state index in [1.807, 2.05) is 11.3 Å². The van der Waals surface area contributed by atoms with Crippen LogP contribution in [0.2, 0.25) is 0 Å². The summed E-state index contributed by atoms with van der Waals surface area (Å²) in [6.45, 7) is 13.7. The molecular weight excluding hydrogens is 238 g/mol. The normalized spacial score (nSPS) is 12.3. The topological polar surface area (TPSA) is 12.0 Å². The molecule has 0 radical (unpaired) electrons. The lowest BCUT2D eigenvalue weighted by molar-refractivity contribution is 0.309. The molecule has 0 unspecified atom stereocenters. The van der Waals surface area contributed by atoms with Gasteiger partial charge in [0.25, 0.3) is 0 Å². The first-order chi connectivity index (χ1) is 8.43. The molecule has 0 aliphatic heterocycles. The molecular formula is C16H29NS. The standard InChI is InChI=1S/C16H29NS/c1-6-14-7-8-15(18-14)9-10-16(4,5)12-17-11-13(2)3/h7-8,13,17H,6,9-12H2,1-5H3. The first kappa shape index (κ1) is 15.7. The summed E-state index contributed by atoms with van der Waals surface area (Å²) in [6.07, 6.45) is 3.66. The van der Waals surface area contributed by atoms with Gasteiger partial charge in [-0.15, -0.1) is 11.3 Å². The second kappa shape index (κ2) is 7.30. The van der Waals surface area contributed by atoms with E-state index >= 15 is 0 Å². The predicted octanol–water partition coefficient (Wildman–Crippen LogP) is 4.51. The van der Waals surface area contributed by atoms with E-state index in [-0.39, 0.29) is 0 Å². The lowest BCUT2D eigenvalue weighted by Gasteiger charge is -2.25. The van der Waals surface area contributed by atoms with Gasteiger partial charge in [-0.3, -0.25) is 0 Å². The van der Waals surface area contributed by atoms with Crippen LogP contribution in [-0.2, 0) is 12.8 Å². The van der Waals surface area contributed by atoms with Crippen molar-refractivity contribution in [1.82, 2.24) is 5.32 Å². The van der Waals surface area contributed by atoms with Crippen LogP contribution in [0.1, 0.15) is 50.8 Å². The minimum absolute atomic E-state index is 0.394. The smallest absolute Gasteiger partial charge is 0.00483 e. The lowest BCUT2D eigenvalue weighted by atomic mass is 9.87. The number of aryl methyl sites for hydroxylation is 2. The van der Waals surface area contributed by atoms with E-state index in [0.29, 0.717) is 5.41 Å². The Morgan fingerprint density at radius 2 is 1.89 bits per heavy atom. The van der Waals surface area contributed by atoms with Gasteiger partial charge in [-0.05, 0) is 49.3 Å². The van der Waals surface area contributed by atoms with Crippen LogP contribution in [0.15, 0.2) is 12.1 Å². The molecule has 1 rings (SSSR count). The Hall–Kier alpha value is -0.340. The highest BCUT2D eigenvalue weighted by Gasteiger charge is 2.17. The first-order valence-electron chi connectivity index (χ1n) is 7.21. The molecule has 1 heterocycles. The van der Waals surface area contributed by atoms with E-state index in [1.165, 1.54) is 24.1 Å². The lowest BCUT2D eigenvalue weighted by Crippen LogP contribution is -2.32. The molecule has 0 saturated heterocycles. The molecule has 18 heavy (non-hydrogen) atoms. The summed E-state index contributed by atoms with van der Waals surface area (Å²) < 4.78 is 0. The second-order valence-corrected chi connectivity index (χ2v) is 7.66. The fourth-order valence-corrected chi connectivity index (χ4v) is 2.95. The number of thiophene rings is 1. The van der Waals surface area contributed by atoms with Gasteiger partial charge in [0, 0.05) is 16.3 Å². The number of rotatable bonds is 8. The second-order valence-electron chi connectivity index (χ2n) is 6.41. The third kappa shape index (κ3) is 6.01. The van der Waals surface area contributed by atoms with Crippen molar-refractivity contribution in [2.45, 2.75) is 53.9 Å². The maximum absolute atomic E-state index is 3.58. The Bertz CT molecular complexity index is 339. The molecule has 0 aliphatic carbocycles. The predicted molar refractivity (Wildman–Crippen MR) is 83.5 cm³/mol. The van der Waals surface area contributed by atoms with Crippen LogP contribution in [-0.4, -0.2) is 13.1 Å². The summed E-state index contributed by atoms with van der Waals surface area (Å²) in [5.74, 6) is 0.741. The molecule has 0 fully saturated rings. The van der Waals surface area contributed by atoms with Gasteiger partial charge >= 0.3 is 0 Å². The van der Waals surface area contributed by atoms with E-state index in [0.717, 1.165) is 19.0 Å².